The van der Waals surface area contributed by atoms with Crippen molar-refractivity contribution in [3.8, 4) is 11.1 Å². The number of carbonyl (C=O) groups excluding carboxylic acids is 1. The van der Waals surface area contributed by atoms with E-state index < -0.39 is 0 Å². The van der Waals surface area contributed by atoms with Crippen molar-refractivity contribution in [1.29, 1.82) is 0 Å². The van der Waals surface area contributed by atoms with E-state index in [2.05, 4.69) is 17.4 Å². The number of benzene rings is 2. The van der Waals surface area contributed by atoms with Crippen LogP contribution in [-0.4, -0.2) is 5.91 Å². The molecule has 3 nitrogen and oxygen atoms in total. The van der Waals surface area contributed by atoms with Crippen LogP contribution < -0.4 is 5.32 Å². The number of carbonyl (C=O) groups is 1. The summed E-state index contributed by atoms with van der Waals surface area (Å²) in [4.78, 5) is 11.9. The maximum Gasteiger partial charge on any atom is 0.231 e. The molecule has 104 valence electrons. The Morgan fingerprint density at radius 3 is 2.24 bits per heavy atom. The molecule has 0 aliphatic rings. The van der Waals surface area contributed by atoms with Crippen LogP contribution in [0.1, 0.15) is 5.56 Å². The molecule has 3 aromatic rings. The minimum atomic E-state index is -0.0857. The first-order chi connectivity index (χ1) is 10.3. The summed E-state index contributed by atoms with van der Waals surface area (Å²) in [6.07, 6.45) is 1.86. The van der Waals surface area contributed by atoms with Gasteiger partial charge in [-0.05, 0) is 22.8 Å². The smallest absolute Gasteiger partial charge is 0.231 e. The molecule has 0 fully saturated rings. The number of hydrogen-bond acceptors (Lipinski definition) is 2. The summed E-state index contributed by atoms with van der Waals surface area (Å²) in [5.41, 5.74) is 3.29. The fraction of sp³-hybridized carbons (Fsp3) is 0.0556. The van der Waals surface area contributed by atoms with Crippen molar-refractivity contribution >= 4 is 11.8 Å². The normalized spacial score (nSPS) is 10.3. The zero-order chi connectivity index (χ0) is 14.5. The largest absolute Gasteiger partial charge is 0.449 e. The van der Waals surface area contributed by atoms with Crippen molar-refractivity contribution in [3.05, 3.63) is 78.6 Å². The Morgan fingerprint density at radius 1 is 0.857 bits per heavy atom. The van der Waals surface area contributed by atoms with Gasteiger partial charge in [-0.3, -0.25) is 10.1 Å². The second kappa shape index (κ2) is 6.09. The van der Waals surface area contributed by atoms with Gasteiger partial charge in [0, 0.05) is 6.07 Å². The lowest BCUT2D eigenvalue weighted by molar-refractivity contribution is -0.115. The standard InChI is InChI=1S/C18H15NO2/c20-17(19-18-7-4-12-21-18)13-14-8-10-16(11-9-14)15-5-2-1-3-6-15/h1-12H,13H2,(H,19,20). The molecule has 1 aromatic heterocycles. The molecule has 0 saturated carbocycles. The summed E-state index contributed by atoms with van der Waals surface area (Å²) in [6, 6.07) is 21.6. The van der Waals surface area contributed by atoms with Gasteiger partial charge in [-0.2, -0.15) is 0 Å². The van der Waals surface area contributed by atoms with Crippen LogP contribution in [0.5, 0.6) is 0 Å². The average Bonchev–Trinajstić information content (AvgIpc) is 3.02. The molecule has 0 saturated heterocycles. The maximum atomic E-state index is 11.9. The van der Waals surface area contributed by atoms with E-state index >= 15 is 0 Å². The Morgan fingerprint density at radius 2 is 1.57 bits per heavy atom. The van der Waals surface area contributed by atoms with Crippen LogP contribution in [0.25, 0.3) is 11.1 Å². The molecule has 0 bridgehead atoms. The Balaban J connectivity index is 1.66. The monoisotopic (exact) mass is 277 g/mol. The van der Waals surface area contributed by atoms with Crippen LogP contribution in [0.3, 0.4) is 0 Å². The van der Waals surface area contributed by atoms with Crippen molar-refractivity contribution < 1.29 is 9.21 Å². The molecular weight excluding hydrogens is 262 g/mol. The molecular formula is C18H15NO2. The lowest BCUT2D eigenvalue weighted by Crippen LogP contribution is -2.13. The molecule has 0 radical (unpaired) electrons. The summed E-state index contributed by atoms with van der Waals surface area (Å²) >= 11 is 0. The molecule has 0 aliphatic heterocycles. The molecule has 1 amide bonds. The van der Waals surface area contributed by atoms with Crippen LogP contribution in [0.4, 0.5) is 5.88 Å². The zero-order valence-electron chi connectivity index (χ0n) is 11.5. The van der Waals surface area contributed by atoms with Crippen molar-refractivity contribution in [2.24, 2.45) is 0 Å². The first-order valence-corrected chi connectivity index (χ1v) is 6.79. The topological polar surface area (TPSA) is 42.2 Å². The molecule has 0 aliphatic carbocycles. The third kappa shape index (κ3) is 3.39. The van der Waals surface area contributed by atoms with Gasteiger partial charge in [0.05, 0.1) is 12.7 Å². The second-order valence-corrected chi connectivity index (χ2v) is 4.77. The molecule has 1 heterocycles. The molecule has 1 N–H and O–H groups in total. The highest BCUT2D eigenvalue weighted by atomic mass is 16.3. The molecule has 21 heavy (non-hydrogen) atoms. The number of nitrogens with one attached hydrogen (secondary N) is 1. The van der Waals surface area contributed by atoms with Gasteiger partial charge in [-0.15, -0.1) is 0 Å². The Kier molecular flexibility index (Phi) is 3.83. The number of rotatable bonds is 4. The van der Waals surface area contributed by atoms with E-state index in [1.807, 2.05) is 42.5 Å². The summed E-state index contributed by atoms with van der Waals surface area (Å²) in [5.74, 6) is 0.387. The quantitative estimate of drug-likeness (QED) is 0.779. The number of anilines is 1. The van der Waals surface area contributed by atoms with Gasteiger partial charge in [0.2, 0.25) is 5.91 Å². The van der Waals surface area contributed by atoms with E-state index in [0.29, 0.717) is 12.3 Å². The van der Waals surface area contributed by atoms with Gasteiger partial charge in [0.15, 0.2) is 5.88 Å². The highest BCUT2D eigenvalue weighted by molar-refractivity contribution is 5.91. The molecule has 0 atom stereocenters. The van der Waals surface area contributed by atoms with E-state index in [9.17, 15) is 4.79 Å². The Bertz CT molecular complexity index is 701. The minimum absolute atomic E-state index is 0.0857. The fourth-order valence-corrected chi connectivity index (χ4v) is 2.16. The molecule has 0 unspecified atom stereocenters. The Hall–Kier alpha value is -2.81. The van der Waals surface area contributed by atoms with Crippen molar-refractivity contribution in [1.82, 2.24) is 0 Å². The summed E-state index contributed by atoms with van der Waals surface area (Å²) in [6.45, 7) is 0. The third-order valence-electron chi connectivity index (χ3n) is 3.21. The van der Waals surface area contributed by atoms with Gasteiger partial charge in [-0.1, -0.05) is 54.6 Å². The van der Waals surface area contributed by atoms with Crippen LogP contribution >= 0.6 is 0 Å². The lowest BCUT2D eigenvalue weighted by atomic mass is 10.0. The maximum absolute atomic E-state index is 11.9. The SMILES string of the molecule is O=C(Cc1ccc(-c2ccccc2)cc1)Nc1ccco1. The van der Waals surface area contributed by atoms with Crippen molar-refractivity contribution in [2.75, 3.05) is 5.32 Å². The van der Waals surface area contributed by atoms with Crippen molar-refractivity contribution in [2.45, 2.75) is 6.42 Å². The first kappa shape index (κ1) is 13.2. The van der Waals surface area contributed by atoms with Gasteiger partial charge in [-0.25, -0.2) is 0 Å². The number of hydrogen-bond donors (Lipinski definition) is 1. The molecule has 3 heteroatoms. The van der Waals surface area contributed by atoms with E-state index in [-0.39, 0.29) is 5.91 Å². The molecule has 2 aromatic carbocycles. The fourth-order valence-electron chi connectivity index (χ4n) is 2.16. The van der Waals surface area contributed by atoms with E-state index in [4.69, 9.17) is 4.42 Å². The van der Waals surface area contributed by atoms with Gasteiger partial charge in [0.1, 0.15) is 0 Å². The predicted molar refractivity (Wildman–Crippen MR) is 82.9 cm³/mol. The van der Waals surface area contributed by atoms with Gasteiger partial charge >= 0.3 is 0 Å². The highest BCUT2D eigenvalue weighted by Crippen LogP contribution is 2.19. The second-order valence-electron chi connectivity index (χ2n) is 4.77. The number of amides is 1. The van der Waals surface area contributed by atoms with E-state index in [0.717, 1.165) is 11.1 Å². The van der Waals surface area contributed by atoms with Crippen LogP contribution in [0.2, 0.25) is 0 Å². The predicted octanol–water partition coefficient (Wildman–Crippen LogP) is 4.13. The third-order valence-corrected chi connectivity index (χ3v) is 3.21. The van der Waals surface area contributed by atoms with E-state index in [1.165, 1.54) is 11.8 Å². The summed E-state index contributed by atoms with van der Waals surface area (Å²) in [5, 5.41) is 2.71. The van der Waals surface area contributed by atoms with Gasteiger partial charge < -0.3 is 4.42 Å². The van der Waals surface area contributed by atoms with Gasteiger partial charge in [0.25, 0.3) is 0 Å². The average molecular weight is 277 g/mol. The van der Waals surface area contributed by atoms with Crippen LogP contribution in [0, 0.1) is 0 Å². The summed E-state index contributed by atoms with van der Waals surface area (Å²) < 4.78 is 5.09. The Labute approximate surface area is 123 Å². The van der Waals surface area contributed by atoms with Crippen molar-refractivity contribution in [3.63, 3.8) is 0 Å². The van der Waals surface area contributed by atoms with E-state index in [1.54, 1.807) is 12.1 Å². The lowest BCUT2D eigenvalue weighted by Gasteiger charge is -2.05. The number of furan rings is 1. The molecule has 3 rings (SSSR count). The summed E-state index contributed by atoms with van der Waals surface area (Å²) in [7, 11) is 0. The highest BCUT2D eigenvalue weighted by Gasteiger charge is 2.06. The first-order valence-electron chi connectivity index (χ1n) is 6.79. The van der Waals surface area contributed by atoms with Crippen LogP contribution in [-0.2, 0) is 11.2 Å². The zero-order valence-corrected chi connectivity index (χ0v) is 11.5. The minimum Gasteiger partial charge on any atom is -0.449 e. The van der Waals surface area contributed by atoms with Crippen LogP contribution in [0.15, 0.2) is 77.4 Å². The molecule has 0 spiro atoms.